The van der Waals surface area contributed by atoms with Crippen molar-refractivity contribution in [2.24, 2.45) is 5.92 Å². The molecule has 6 heteroatoms. The highest BCUT2D eigenvalue weighted by atomic mass is 16.5. The molecule has 0 radical (unpaired) electrons. The largest absolute Gasteiger partial charge is 0.378 e. The van der Waals surface area contributed by atoms with Crippen LogP contribution in [0.3, 0.4) is 0 Å². The summed E-state index contributed by atoms with van der Waals surface area (Å²) in [5.74, 6) is 0.462. The summed E-state index contributed by atoms with van der Waals surface area (Å²) in [5, 5.41) is 0. The van der Waals surface area contributed by atoms with Gasteiger partial charge in [0.1, 0.15) is 5.69 Å². The van der Waals surface area contributed by atoms with Crippen LogP contribution >= 0.6 is 0 Å². The van der Waals surface area contributed by atoms with Gasteiger partial charge in [0.25, 0.3) is 11.8 Å². The molecule has 1 aromatic carbocycles. The van der Waals surface area contributed by atoms with Gasteiger partial charge in [0.05, 0.1) is 13.2 Å². The van der Waals surface area contributed by atoms with Crippen molar-refractivity contribution < 1.29 is 14.3 Å². The molecule has 2 saturated heterocycles. The molecule has 3 heterocycles. The SMILES string of the molecule is O=C(c1ccnc(C(=O)N2CCOCC2)c1)N1CCC(Cc2ccccc2)CC1. The molecule has 6 nitrogen and oxygen atoms in total. The van der Waals surface area contributed by atoms with E-state index >= 15 is 0 Å². The lowest BCUT2D eigenvalue weighted by atomic mass is 9.90. The van der Waals surface area contributed by atoms with Gasteiger partial charge in [0.2, 0.25) is 0 Å². The van der Waals surface area contributed by atoms with E-state index in [1.54, 1.807) is 23.2 Å². The standard InChI is InChI=1S/C23H27N3O3/c27-22(25-10-7-19(8-11-25)16-18-4-2-1-3-5-18)20-6-9-24-21(17-20)23(28)26-12-14-29-15-13-26/h1-6,9,17,19H,7-8,10-16H2. The number of amides is 2. The Morgan fingerprint density at radius 2 is 1.62 bits per heavy atom. The maximum atomic E-state index is 13.0. The van der Waals surface area contributed by atoms with Gasteiger partial charge in [-0.05, 0) is 42.9 Å². The first-order valence-corrected chi connectivity index (χ1v) is 10.4. The summed E-state index contributed by atoms with van der Waals surface area (Å²) < 4.78 is 5.30. The van der Waals surface area contributed by atoms with Gasteiger partial charge >= 0.3 is 0 Å². The van der Waals surface area contributed by atoms with E-state index in [-0.39, 0.29) is 11.8 Å². The molecule has 152 valence electrons. The monoisotopic (exact) mass is 393 g/mol. The van der Waals surface area contributed by atoms with Gasteiger partial charge in [0.15, 0.2) is 0 Å². The molecule has 1 aromatic heterocycles. The first kappa shape index (κ1) is 19.6. The number of ether oxygens (including phenoxy) is 1. The predicted molar refractivity (Wildman–Crippen MR) is 110 cm³/mol. The summed E-state index contributed by atoms with van der Waals surface area (Å²) in [4.78, 5) is 33.5. The van der Waals surface area contributed by atoms with Crippen molar-refractivity contribution in [1.29, 1.82) is 0 Å². The summed E-state index contributed by atoms with van der Waals surface area (Å²) in [7, 11) is 0. The Balaban J connectivity index is 1.35. The van der Waals surface area contributed by atoms with Gasteiger partial charge in [-0.25, -0.2) is 0 Å². The highest BCUT2D eigenvalue weighted by Gasteiger charge is 2.25. The van der Waals surface area contributed by atoms with Crippen molar-refractivity contribution in [3.8, 4) is 0 Å². The number of piperidine rings is 1. The Kier molecular flexibility index (Phi) is 6.20. The van der Waals surface area contributed by atoms with E-state index < -0.39 is 0 Å². The van der Waals surface area contributed by atoms with Crippen LogP contribution in [-0.4, -0.2) is 66.0 Å². The van der Waals surface area contributed by atoms with Crippen molar-refractivity contribution in [3.05, 3.63) is 65.5 Å². The van der Waals surface area contributed by atoms with Crippen molar-refractivity contribution in [2.45, 2.75) is 19.3 Å². The van der Waals surface area contributed by atoms with Gasteiger partial charge in [-0.15, -0.1) is 0 Å². The molecule has 0 bridgehead atoms. The highest BCUT2D eigenvalue weighted by Crippen LogP contribution is 2.23. The molecule has 2 fully saturated rings. The van der Waals surface area contributed by atoms with Crippen molar-refractivity contribution in [3.63, 3.8) is 0 Å². The topological polar surface area (TPSA) is 62.7 Å². The van der Waals surface area contributed by atoms with Crippen molar-refractivity contribution in [1.82, 2.24) is 14.8 Å². The smallest absolute Gasteiger partial charge is 0.272 e. The van der Waals surface area contributed by atoms with Crippen LogP contribution in [0.25, 0.3) is 0 Å². The Labute approximate surface area is 171 Å². The van der Waals surface area contributed by atoms with Crippen LogP contribution in [0.5, 0.6) is 0 Å². The zero-order valence-electron chi connectivity index (χ0n) is 16.6. The molecule has 0 spiro atoms. The van der Waals surface area contributed by atoms with Gasteiger partial charge < -0.3 is 14.5 Å². The van der Waals surface area contributed by atoms with E-state index in [4.69, 9.17) is 4.74 Å². The quantitative estimate of drug-likeness (QED) is 0.801. The van der Waals surface area contributed by atoms with Gasteiger partial charge in [-0.1, -0.05) is 30.3 Å². The molecule has 2 aliphatic heterocycles. The van der Waals surface area contributed by atoms with E-state index in [1.165, 1.54) is 5.56 Å². The van der Waals surface area contributed by atoms with E-state index in [1.807, 2.05) is 11.0 Å². The zero-order chi connectivity index (χ0) is 20.1. The molecule has 0 saturated carbocycles. The lowest BCUT2D eigenvalue weighted by Gasteiger charge is -2.32. The average molecular weight is 393 g/mol. The second-order valence-electron chi connectivity index (χ2n) is 7.76. The molecule has 2 amide bonds. The minimum Gasteiger partial charge on any atom is -0.378 e. The van der Waals surface area contributed by atoms with E-state index in [2.05, 4.69) is 29.2 Å². The lowest BCUT2D eigenvalue weighted by molar-refractivity contribution is 0.0299. The fraction of sp³-hybridized carbons (Fsp3) is 0.435. The lowest BCUT2D eigenvalue weighted by Crippen LogP contribution is -2.41. The molecule has 0 N–H and O–H groups in total. The van der Waals surface area contributed by atoms with Crippen LogP contribution in [0.1, 0.15) is 39.3 Å². The predicted octanol–water partition coefficient (Wildman–Crippen LogP) is 2.65. The molecule has 4 rings (SSSR count). The van der Waals surface area contributed by atoms with Crippen molar-refractivity contribution >= 4 is 11.8 Å². The van der Waals surface area contributed by atoms with Crippen LogP contribution in [0, 0.1) is 5.92 Å². The van der Waals surface area contributed by atoms with Crippen LogP contribution < -0.4 is 0 Å². The minimum absolute atomic E-state index is 0.0124. The maximum Gasteiger partial charge on any atom is 0.272 e. The van der Waals surface area contributed by atoms with E-state index in [9.17, 15) is 9.59 Å². The summed E-state index contributed by atoms with van der Waals surface area (Å²) >= 11 is 0. The number of hydrogen-bond donors (Lipinski definition) is 0. The fourth-order valence-electron chi connectivity index (χ4n) is 4.08. The third kappa shape index (κ3) is 4.82. The van der Waals surface area contributed by atoms with E-state index in [0.29, 0.717) is 43.5 Å². The normalized spacial score (nSPS) is 17.9. The Hall–Kier alpha value is -2.73. The average Bonchev–Trinajstić information content (AvgIpc) is 2.80. The maximum absolute atomic E-state index is 13.0. The number of aromatic nitrogens is 1. The van der Waals surface area contributed by atoms with Crippen LogP contribution in [0.2, 0.25) is 0 Å². The third-order valence-electron chi connectivity index (χ3n) is 5.79. The molecule has 29 heavy (non-hydrogen) atoms. The third-order valence-corrected chi connectivity index (χ3v) is 5.79. The molecule has 2 aromatic rings. The van der Waals surface area contributed by atoms with Crippen LogP contribution in [-0.2, 0) is 11.2 Å². The summed E-state index contributed by atoms with van der Waals surface area (Å²) in [6.07, 6.45) is 4.63. The molecule has 2 aliphatic rings. The number of morpholine rings is 1. The number of carbonyl (C=O) groups excluding carboxylic acids is 2. The number of likely N-dealkylation sites (tertiary alicyclic amines) is 1. The molecule has 0 unspecified atom stereocenters. The summed E-state index contributed by atoms with van der Waals surface area (Å²) in [6, 6.07) is 13.9. The summed E-state index contributed by atoms with van der Waals surface area (Å²) in [6.45, 7) is 3.72. The molecule has 0 atom stereocenters. The second-order valence-corrected chi connectivity index (χ2v) is 7.76. The first-order valence-electron chi connectivity index (χ1n) is 10.4. The highest BCUT2D eigenvalue weighted by molar-refractivity contribution is 5.98. The Morgan fingerprint density at radius 3 is 2.34 bits per heavy atom. The van der Waals surface area contributed by atoms with Gasteiger partial charge in [-0.2, -0.15) is 0 Å². The summed E-state index contributed by atoms with van der Waals surface area (Å²) in [5.41, 5.74) is 2.23. The fourth-order valence-corrected chi connectivity index (χ4v) is 4.08. The van der Waals surface area contributed by atoms with Crippen LogP contribution in [0.15, 0.2) is 48.7 Å². The number of pyridine rings is 1. The van der Waals surface area contributed by atoms with Gasteiger partial charge in [0, 0.05) is 37.9 Å². The number of benzene rings is 1. The van der Waals surface area contributed by atoms with Gasteiger partial charge in [-0.3, -0.25) is 14.6 Å². The number of rotatable bonds is 4. The first-order chi connectivity index (χ1) is 14.2. The number of nitrogens with zero attached hydrogens (tertiary/aromatic N) is 3. The molecule has 0 aliphatic carbocycles. The molecular weight excluding hydrogens is 366 g/mol. The minimum atomic E-state index is -0.135. The number of carbonyl (C=O) groups is 2. The van der Waals surface area contributed by atoms with Crippen LogP contribution in [0.4, 0.5) is 0 Å². The van der Waals surface area contributed by atoms with Crippen molar-refractivity contribution in [2.75, 3.05) is 39.4 Å². The van der Waals surface area contributed by atoms with E-state index in [0.717, 1.165) is 32.4 Å². The Bertz CT molecular complexity index is 841. The Morgan fingerprint density at radius 1 is 0.931 bits per heavy atom. The number of hydrogen-bond acceptors (Lipinski definition) is 4. The second kappa shape index (κ2) is 9.18. The molecular formula is C23H27N3O3. The zero-order valence-corrected chi connectivity index (χ0v) is 16.6.